The highest BCUT2D eigenvalue weighted by Gasteiger charge is 2.24. The number of rotatable bonds is 5. The van der Waals surface area contributed by atoms with E-state index in [1.165, 1.54) is 24.6 Å². The zero-order valence-electron chi connectivity index (χ0n) is 14.3. The van der Waals surface area contributed by atoms with E-state index in [9.17, 15) is 4.79 Å². The van der Waals surface area contributed by atoms with E-state index < -0.39 is 0 Å². The summed E-state index contributed by atoms with van der Waals surface area (Å²) in [5.74, 6) is 0.0583. The van der Waals surface area contributed by atoms with Crippen LogP contribution in [0.2, 0.25) is 0 Å². The van der Waals surface area contributed by atoms with E-state index in [2.05, 4.69) is 20.8 Å². The number of para-hydroxylation sites is 1. The fourth-order valence-electron chi connectivity index (χ4n) is 3.13. The first-order valence-corrected chi connectivity index (χ1v) is 9.26. The average Bonchev–Trinajstić information content (AvgIpc) is 3.19. The molecule has 1 aliphatic carbocycles. The van der Waals surface area contributed by atoms with Gasteiger partial charge in [0.15, 0.2) is 0 Å². The van der Waals surface area contributed by atoms with Crippen molar-refractivity contribution in [2.75, 3.05) is 0 Å². The second-order valence-corrected chi connectivity index (χ2v) is 7.67. The van der Waals surface area contributed by atoms with Crippen molar-refractivity contribution in [3.63, 3.8) is 0 Å². The molecule has 1 saturated carbocycles. The summed E-state index contributed by atoms with van der Waals surface area (Å²) in [5, 5.41) is 15.6. The van der Waals surface area contributed by atoms with Crippen molar-refractivity contribution in [3.8, 4) is 5.69 Å². The van der Waals surface area contributed by atoms with Gasteiger partial charge in [0, 0.05) is 6.04 Å². The molecule has 1 N–H and O–H groups in total. The Hall–Kier alpha value is -1.89. The average molecular weight is 345 g/mol. The summed E-state index contributed by atoms with van der Waals surface area (Å²) >= 11 is 1.40. The molecule has 3 rings (SSSR count). The molecule has 1 amide bonds. The van der Waals surface area contributed by atoms with Crippen LogP contribution in [0.4, 0.5) is 0 Å². The van der Waals surface area contributed by atoms with Gasteiger partial charge in [0.25, 0.3) is 0 Å². The fourth-order valence-corrected chi connectivity index (χ4v) is 3.94. The van der Waals surface area contributed by atoms with E-state index in [0.717, 1.165) is 29.7 Å². The number of aromatic nitrogens is 4. The van der Waals surface area contributed by atoms with E-state index in [-0.39, 0.29) is 11.2 Å². The lowest BCUT2D eigenvalue weighted by Crippen LogP contribution is -2.37. The van der Waals surface area contributed by atoms with E-state index in [1.807, 2.05) is 39.0 Å². The van der Waals surface area contributed by atoms with Gasteiger partial charge in [0.2, 0.25) is 11.1 Å². The molecule has 6 nitrogen and oxygen atoms in total. The number of hydrogen-bond donors (Lipinski definition) is 1. The number of tetrazole rings is 1. The molecule has 1 aliphatic rings. The number of hydrogen-bond acceptors (Lipinski definition) is 5. The number of benzene rings is 1. The number of nitrogens with zero attached hydrogens (tertiary/aromatic N) is 4. The molecule has 2 aromatic rings. The molecule has 128 valence electrons. The second-order valence-electron chi connectivity index (χ2n) is 6.36. The Morgan fingerprint density at radius 2 is 1.96 bits per heavy atom. The Morgan fingerprint density at radius 1 is 1.29 bits per heavy atom. The largest absolute Gasteiger partial charge is 0.352 e. The van der Waals surface area contributed by atoms with Crippen molar-refractivity contribution < 1.29 is 4.79 Å². The van der Waals surface area contributed by atoms with Crippen molar-refractivity contribution in [2.24, 2.45) is 0 Å². The summed E-state index contributed by atoms with van der Waals surface area (Å²) in [4.78, 5) is 12.4. The molecule has 0 radical (unpaired) electrons. The third-order valence-electron chi connectivity index (χ3n) is 4.45. The van der Waals surface area contributed by atoms with Crippen molar-refractivity contribution in [2.45, 2.75) is 62.9 Å². The van der Waals surface area contributed by atoms with Gasteiger partial charge < -0.3 is 5.32 Å². The normalized spacial score (nSPS) is 16.3. The zero-order valence-corrected chi connectivity index (χ0v) is 15.1. The molecule has 0 spiro atoms. The van der Waals surface area contributed by atoms with Gasteiger partial charge in [-0.3, -0.25) is 4.79 Å². The third-order valence-corrected chi connectivity index (χ3v) is 5.48. The van der Waals surface area contributed by atoms with Crippen molar-refractivity contribution in [1.82, 2.24) is 25.5 Å². The van der Waals surface area contributed by atoms with Crippen LogP contribution in [-0.2, 0) is 4.79 Å². The van der Waals surface area contributed by atoms with E-state index in [1.54, 1.807) is 4.68 Å². The van der Waals surface area contributed by atoms with Crippen LogP contribution in [0.15, 0.2) is 23.4 Å². The summed E-state index contributed by atoms with van der Waals surface area (Å²) in [6.45, 7) is 5.97. The van der Waals surface area contributed by atoms with Gasteiger partial charge in [0.05, 0.1) is 10.9 Å². The molecule has 1 atom stereocenters. The first kappa shape index (κ1) is 17.0. The smallest absolute Gasteiger partial charge is 0.233 e. The fraction of sp³-hybridized carbons (Fsp3) is 0.529. The lowest BCUT2D eigenvalue weighted by Gasteiger charge is -2.16. The Balaban J connectivity index is 1.74. The van der Waals surface area contributed by atoms with Crippen LogP contribution in [0.5, 0.6) is 0 Å². The SMILES string of the molecule is Cc1cccc(C)c1-n1nnnc1S[C@H](C)C(=O)NC1CCCC1. The lowest BCUT2D eigenvalue weighted by atomic mass is 10.1. The van der Waals surface area contributed by atoms with E-state index >= 15 is 0 Å². The highest BCUT2D eigenvalue weighted by Crippen LogP contribution is 2.26. The predicted octanol–water partition coefficient (Wildman–Crippen LogP) is 2.82. The second kappa shape index (κ2) is 7.34. The van der Waals surface area contributed by atoms with Crippen LogP contribution in [0.1, 0.15) is 43.7 Å². The maximum Gasteiger partial charge on any atom is 0.233 e. The molecular formula is C17H23N5OS. The number of aryl methyl sites for hydroxylation is 2. The van der Waals surface area contributed by atoms with Crippen LogP contribution in [-0.4, -0.2) is 37.4 Å². The first-order valence-electron chi connectivity index (χ1n) is 8.38. The quantitative estimate of drug-likeness (QED) is 0.844. The van der Waals surface area contributed by atoms with E-state index in [4.69, 9.17) is 0 Å². The Bertz CT molecular complexity index is 703. The Kier molecular flexibility index (Phi) is 5.18. The topological polar surface area (TPSA) is 72.7 Å². The maximum absolute atomic E-state index is 12.4. The van der Waals surface area contributed by atoms with Crippen LogP contribution in [0.3, 0.4) is 0 Å². The molecule has 1 aromatic carbocycles. The van der Waals surface area contributed by atoms with Crippen molar-refractivity contribution in [1.29, 1.82) is 0 Å². The summed E-state index contributed by atoms with van der Waals surface area (Å²) < 4.78 is 1.73. The van der Waals surface area contributed by atoms with Gasteiger partial charge >= 0.3 is 0 Å². The van der Waals surface area contributed by atoms with Crippen LogP contribution in [0.25, 0.3) is 5.69 Å². The summed E-state index contributed by atoms with van der Waals surface area (Å²) in [6.07, 6.45) is 4.58. The minimum absolute atomic E-state index is 0.0583. The molecule has 0 saturated heterocycles. The lowest BCUT2D eigenvalue weighted by molar-refractivity contribution is -0.120. The first-order chi connectivity index (χ1) is 11.6. The maximum atomic E-state index is 12.4. The van der Waals surface area contributed by atoms with Crippen LogP contribution in [0, 0.1) is 13.8 Å². The number of thioether (sulfide) groups is 1. The predicted molar refractivity (Wildman–Crippen MR) is 94.3 cm³/mol. The number of amides is 1. The third kappa shape index (κ3) is 3.61. The summed E-state index contributed by atoms with van der Waals surface area (Å²) in [5.41, 5.74) is 3.19. The van der Waals surface area contributed by atoms with E-state index in [0.29, 0.717) is 11.2 Å². The minimum atomic E-state index is -0.236. The molecule has 1 heterocycles. The van der Waals surface area contributed by atoms with Crippen molar-refractivity contribution >= 4 is 17.7 Å². The van der Waals surface area contributed by atoms with Gasteiger partial charge in [-0.1, -0.05) is 42.8 Å². The van der Waals surface area contributed by atoms with Crippen LogP contribution < -0.4 is 5.32 Å². The Labute approximate surface area is 146 Å². The van der Waals surface area contributed by atoms with Gasteiger partial charge in [-0.25, -0.2) is 0 Å². The highest BCUT2D eigenvalue weighted by atomic mass is 32.2. The standard InChI is InChI=1S/C17H23N5OS/c1-11-7-6-8-12(2)15(11)22-17(19-20-21-22)24-13(3)16(23)18-14-9-4-5-10-14/h6-8,13-14H,4-5,9-10H2,1-3H3,(H,18,23)/t13-/m1/s1. The van der Waals surface area contributed by atoms with Crippen LogP contribution >= 0.6 is 11.8 Å². The van der Waals surface area contributed by atoms with Gasteiger partial charge in [0.1, 0.15) is 0 Å². The minimum Gasteiger partial charge on any atom is -0.352 e. The molecule has 0 unspecified atom stereocenters. The van der Waals surface area contributed by atoms with Gasteiger partial charge in [-0.15, -0.1) is 5.10 Å². The Morgan fingerprint density at radius 3 is 2.62 bits per heavy atom. The molecule has 0 bridgehead atoms. The summed E-state index contributed by atoms with van der Waals surface area (Å²) in [7, 11) is 0. The number of carbonyl (C=O) groups is 1. The molecular weight excluding hydrogens is 322 g/mol. The number of carbonyl (C=O) groups excluding carboxylic acids is 1. The molecule has 0 aliphatic heterocycles. The van der Waals surface area contributed by atoms with Crippen molar-refractivity contribution in [3.05, 3.63) is 29.3 Å². The number of nitrogens with one attached hydrogen (secondary N) is 1. The monoisotopic (exact) mass is 345 g/mol. The molecule has 1 fully saturated rings. The zero-order chi connectivity index (χ0) is 17.1. The molecule has 7 heteroatoms. The molecule has 24 heavy (non-hydrogen) atoms. The molecule has 1 aromatic heterocycles. The van der Waals surface area contributed by atoms with Gasteiger partial charge in [-0.2, -0.15) is 4.68 Å². The van der Waals surface area contributed by atoms with Gasteiger partial charge in [-0.05, 0) is 55.2 Å². The summed E-state index contributed by atoms with van der Waals surface area (Å²) in [6, 6.07) is 6.42. The highest BCUT2D eigenvalue weighted by molar-refractivity contribution is 8.00.